The molecular weight excluding hydrogens is 571 g/mol. The topological polar surface area (TPSA) is 85.5 Å². The molecule has 3 heterocycles. The molecule has 1 fully saturated rings. The van der Waals surface area contributed by atoms with Crippen molar-refractivity contribution in [1.29, 1.82) is 0 Å². The summed E-state index contributed by atoms with van der Waals surface area (Å²) in [5, 5.41) is 5.05. The Morgan fingerprint density at radius 1 is 0.881 bits per heavy atom. The summed E-state index contributed by atoms with van der Waals surface area (Å²) in [6.07, 6.45) is 0.350. The smallest absolute Gasteiger partial charge is 0.332 e. The molecule has 7 nitrogen and oxygen atoms in total. The average Bonchev–Trinajstić information content (AvgIpc) is 3.49. The fourth-order valence-corrected chi connectivity index (χ4v) is 6.38. The van der Waals surface area contributed by atoms with Gasteiger partial charge in [-0.2, -0.15) is 0 Å². The van der Waals surface area contributed by atoms with Gasteiger partial charge in [0, 0.05) is 39.6 Å². The maximum absolute atomic E-state index is 14.3. The van der Waals surface area contributed by atoms with Crippen LogP contribution in [0.15, 0.2) is 97.1 Å². The second kappa shape index (κ2) is 10.4. The first kappa shape index (κ1) is 26.3. The Morgan fingerprint density at radius 3 is 2.45 bits per heavy atom. The first-order valence-corrected chi connectivity index (χ1v) is 14.3. The lowest BCUT2D eigenvalue weighted by molar-refractivity contribution is -0.120. The zero-order valence-electron chi connectivity index (χ0n) is 22.2. The third-order valence-electron chi connectivity index (χ3n) is 7.97. The lowest BCUT2D eigenvalue weighted by Crippen LogP contribution is -2.44. The monoisotopic (exact) mass is 594 g/mol. The number of hydrogen-bond donors (Lipinski definition) is 2. The van der Waals surface area contributed by atoms with Crippen molar-refractivity contribution in [2.75, 3.05) is 4.90 Å². The Bertz CT molecular complexity index is 1880. The van der Waals surface area contributed by atoms with Crippen LogP contribution in [-0.4, -0.2) is 33.8 Å². The quantitative estimate of drug-likeness (QED) is 0.217. The summed E-state index contributed by atoms with van der Waals surface area (Å²) in [5.41, 5.74) is 4.92. The number of para-hydroxylation sites is 2. The highest BCUT2D eigenvalue weighted by Crippen LogP contribution is 2.45. The Kier molecular flexibility index (Phi) is 6.49. The number of aromatic nitrogens is 1. The van der Waals surface area contributed by atoms with Gasteiger partial charge in [-0.15, -0.1) is 0 Å². The number of nitrogens with one attached hydrogen (secondary N) is 2. The number of urea groups is 1. The number of hydrogen-bond acceptors (Lipinski definition) is 3. The van der Waals surface area contributed by atoms with E-state index < -0.39 is 24.0 Å². The molecule has 5 aromatic rings. The molecule has 0 spiro atoms. The maximum atomic E-state index is 14.3. The molecule has 0 aliphatic carbocycles. The predicted octanol–water partition coefficient (Wildman–Crippen LogP) is 6.89. The third-order valence-corrected chi connectivity index (χ3v) is 8.46. The number of carbonyl (C=O) groups is 3. The Hall–Kier alpha value is -4.59. The SMILES string of the molecule is O=C(NCc1ccc(Cl)cc1)c1ccccc1N1C(=O)[C@@H]2Cc3c([nH]c4ccccc34)C(c3cccc(Cl)c3)N2C1=O. The molecule has 2 N–H and O–H groups in total. The van der Waals surface area contributed by atoms with Crippen LogP contribution < -0.4 is 10.2 Å². The molecule has 4 amide bonds. The number of aromatic amines is 1. The molecule has 7 rings (SSSR count). The molecule has 42 heavy (non-hydrogen) atoms. The van der Waals surface area contributed by atoms with Gasteiger partial charge in [-0.3, -0.25) is 14.5 Å². The summed E-state index contributed by atoms with van der Waals surface area (Å²) in [4.78, 5) is 48.1. The number of anilines is 1. The van der Waals surface area contributed by atoms with E-state index in [2.05, 4.69) is 10.3 Å². The van der Waals surface area contributed by atoms with Gasteiger partial charge in [0.1, 0.15) is 12.1 Å². The van der Waals surface area contributed by atoms with Gasteiger partial charge in [0.2, 0.25) is 0 Å². The van der Waals surface area contributed by atoms with Crippen LogP contribution >= 0.6 is 23.2 Å². The second-order valence-corrected chi connectivity index (χ2v) is 11.3. The number of rotatable bonds is 5. The Balaban J connectivity index is 1.27. The molecule has 1 saturated heterocycles. The third kappa shape index (κ3) is 4.33. The summed E-state index contributed by atoms with van der Waals surface area (Å²) < 4.78 is 0. The molecule has 2 atom stereocenters. The summed E-state index contributed by atoms with van der Waals surface area (Å²) in [6.45, 7) is 0.263. The number of halogens is 2. The molecule has 0 bridgehead atoms. The van der Waals surface area contributed by atoms with Crippen molar-refractivity contribution in [3.8, 4) is 0 Å². The Morgan fingerprint density at radius 2 is 1.64 bits per heavy atom. The zero-order valence-corrected chi connectivity index (χ0v) is 23.7. The average molecular weight is 595 g/mol. The normalized spacial score (nSPS) is 17.9. The minimum Gasteiger partial charge on any atom is -0.356 e. The first-order chi connectivity index (χ1) is 20.4. The van der Waals surface area contributed by atoms with Crippen molar-refractivity contribution in [2.45, 2.75) is 25.0 Å². The van der Waals surface area contributed by atoms with Gasteiger partial charge in [0.15, 0.2) is 0 Å². The highest BCUT2D eigenvalue weighted by molar-refractivity contribution is 6.31. The zero-order chi connectivity index (χ0) is 29.0. The molecular formula is C33H24Cl2N4O3. The van der Waals surface area contributed by atoms with Gasteiger partial charge in [-0.05, 0) is 59.2 Å². The van der Waals surface area contributed by atoms with E-state index >= 15 is 0 Å². The van der Waals surface area contributed by atoms with Crippen LogP contribution in [0.3, 0.4) is 0 Å². The summed E-state index contributed by atoms with van der Waals surface area (Å²) in [6, 6.07) is 27.3. The number of carbonyl (C=O) groups excluding carboxylic acids is 3. The van der Waals surface area contributed by atoms with Crippen molar-refractivity contribution in [3.05, 3.63) is 135 Å². The second-order valence-electron chi connectivity index (χ2n) is 10.4. The molecule has 2 aliphatic heterocycles. The van der Waals surface area contributed by atoms with Crippen LogP contribution in [0.1, 0.15) is 38.8 Å². The highest BCUT2D eigenvalue weighted by Gasteiger charge is 2.53. The van der Waals surface area contributed by atoms with Crippen LogP contribution in [0.5, 0.6) is 0 Å². The van der Waals surface area contributed by atoms with E-state index in [0.717, 1.165) is 38.2 Å². The molecule has 9 heteroatoms. The number of imide groups is 1. The van der Waals surface area contributed by atoms with Crippen LogP contribution in [0.2, 0.25) is 10.0 Å². The largest absolute Gasteiger partial charge is 0.356 e. The van der Waals surface area contributed by atoms with Crippen molar-refractivity contribution in [2.24, 2.45) is 0 Å². The van der Waals surface area contributed by atoms with Gasteiger partial charge < -0.3 is 10.3 Å². The molecule has 0 radical (unpaired) electrons. The molecule has 208 valence electrons. The van der Waals surface area contributed by atoms with E-state index in [9.17, 15) is 14.4 Å². The van der Waals surface area contributed by atoms with Gasteiger partial charge in [0.05, 0.1) is 11.3 Å². The van der Waals surface area contributed by atoms with Gasteiger partial charge in [-0.1, -0.05) is 77.8 Å². The van der Waals surface area contributed by atoms with Crippen molar-refractivity contribution < 1.29 is 14.4 Å². The van der Waals surface area contributed by atoms with Crippen LogP contribution in [-0.2, 0) is 17.8 Å². The molecule has 2 aliphatic rings. The van der Waals surface area contributed by atoms with Crippen LogP contribution in [0.25, 0.3) is 10.9 Å². The Labute approximate surface area is 251 Å². The van der Waals surface area contributed by atoms with E-state index in [0.29, 0.717) is 16.5 Å². The van der Waals surface area contributed by atoms with Gasteiger partial charge in [-0.25, -0.2) is 9.69 Å². The lowest BCUT2D eigenvalue weighted by Gasteiger charge is -2.36. The van der Waals surface area contributed by atoms with E-state index in [1.165, 1.54) is 0 Å². The molecule has 1 unspecified atom stereocenters. The van der Waals surface area contributed by atoms with Gasteiger partial charge in [0.25, 0.3) is 11.8 Å². The van der Waals surface area contributed by atoms with Crippen LogP contribution in [0, 0.1) is 0 Å². The lowest BCUT2D eigenvalue weighted by atomic mass is 9.89. The summed E-state index contributed by atoms with van der Waals surface area (Å²) >= 11 is 12.4. The summed E-state index contributed by atoms with van der Waals surface area (Å²) in [7, 11) is 0. The maximum Gasteiger partial charge on any atom is 0.332 e. The fraction of sp³-hybridized carbons (Fsp3) is 0.121. The van der Waals surface area contributed by atoms with Gasteiger partial charge >= 0.3 is 6.03 Å². The predicted molar refractivity (Wildman–Crippen MR) is 163 cm³/mol. The minimum absolute atomic E-state index is 0.233. The highest BCUT2D eigenvalue weighted by atomic mass is 35.5. The standard InChI is InChI=1S/C33H24Cl2N4O3/c34-21-14-12-19(13-15-21)18-36-31(40)24-9-2-4-11-27(24)39-32(41)28-17-25-23-8-1-3-10-26(23)37-29(25)30(38(28)33(39)42)20-6-5-7-22(35)16-20/h1-16,28,30,37H,17-18H2,(H,36,40)/t28-,30?/m0/s1. The first-order valence-electron chi connectivity index (χ1n) is 13.5. The van der Waals surface area contributed by atoms with E-state index in [-0.39, 0.29) is 23.7 Å². The van der Waals surface area contributed by atoms with Crippen molar-refractivity contribution in [3.63, 3.8) is 0 Å². The number of H-pyrrole nitrogens is 1. The molecule has 0 saturated carbocycles. The molecule has 4 aromatic carbocycles. The summed E-state index contributed by atoms with van der Waals surface area (Å²) in [5.74, 6) is -0.769. The van der Waals surface area contributed by atoms with E-state index in [1.807, 2.05) is 54.6 Å². The van der Waals surface area contributed by atoms with E-state index in [1.54, 1.807) is 47.4 Å². The minimum atomic E-state index is -0.752. The number of nitrogens with zero attached hydrogens (tertiary/aromatic N) is 2. The fourth-order valence-electron chi connectivity index (χ4n) is 6.06. The number of benzene rings is 4. The molecule has 1 aromatic heterocycles. The van der Waals surface area contributed by atoms with E-state index in [4.69, 9.17) is 23.2 Å². The number of amides is 4. The van der Waals surface area contributed by atoms with Crippen molar-refractivity contribution >= 4 is 57.6 Å². The number of fused-ring (bicyclic) bond motifs is 4. The van der Waals surface area contributed by atoms with Crippen LogP contribution in [0.4, 0.5) is 10.5 Å². The van der Waals surface area contributed by atoms with Crippen molar-refractivity contribution in [1.82, 2.24) is 15.2 Å².